The van der Waals surface area contributed by atoms with Crippen LogP contribution in [0.4, 0.5) is 0 Å². The number of tetrazole rings is 1. The first-order chi connectivity index (χ1) is 15.7. The Hall–Kier alpha value is -3.40. The Morgan fingerprint density at radius 1 is 1.25 bits per heavy atom. The average Bonchev–Trinajstić information content (AvgIpc) is 3.48. The lowest BCUT2D eigenvalue weighted by molar-refractivity contribution is 0.0930. The first-order valence-corrected chi connectivity index (χ1v) is 11.6. The Balaban J connectivity index is 1.44. The summed E-state index contributed by atoms with van der Waals surface area (Å²) in [6.07, 6.45) is 7.90. The van der Waals surface area contributed by atoms with Gasteiger partial charge in [-0.05, 0) is 54.2 Å². The maximum atomic E-state index is 13.5. The third-order valence-corrected chi connectivity index (χ3v) is 7.20. The van der Waals surface area contributed by atoms with E-state index in [0.717, 1.165) is 41.6 Å². The van der Waals surface area contributed by atoms with Crippen LogP contribution in [-0.4, -0.2) is 41.9 Å². The standard InChI is InChI=1S/C22H23N7O2S/c1-2-15(12-28-21(31)16-8-4-3-7-14(16)11-24-28)25-20(30)19-17-9-5-6-10-18(17)32-22(19)29-13-23-26-27-29/h3-4,7-8,11,13,15H,2,5-6,9-10,12H2,1H3,(H,25,30)/t15-/m0/s1. The number of carbonyl (C=O) groups excluding carboxylic acids is 1. The van der Waals surface area contributed by atoms with Crippen LogP contribution >= 0.6 is 11.3 Å². The van der Waals surface area contributed by atoms with Gasteiger partial charge in [0.05, 0.1) is 23.7 Å². The fourth-order valence-corrected chi connectivity index (χ4v) is 5.50. The van der Waals surface area contributed by atoms with Gasteiger partial charge in [-0.2, -0.15) is 9.78 Å². The minimum absolute atomic E-state index is 0.155. The highest BCUT2D eigenvalue weighted by Gasteiger charge is 2.28. The van der Waals surface area contributed by atoms with Crippen LogP contribution in [0, 0.1) is 0 Å². The van der Waals surface area contributed by atoms with Crippen LogP contribution in [0.3, 0.4) is 0 Å². The Bertz CT molecular complexity index is 1330. The van der Waals surface area contributed by atoms with E-state index in [2.05, 4.69) is 25.9 Å². The molecule has 0 aliphatic heterocycles. The lowest BCUT2D eigenvalue weighted by atomic mass is 9.95. The number of fused-ring (bicyclic) bond motifs is 2. The highest BCUT2D eigenvalue weighted by Crippen LogP contribution is 2.36. The maximum Gasteiger partial charge on any atom is 0.274 e. The molecule has 5 rings (SSSR count). The van der Waals surface area contributed by atoms with Crippen LogP contribution in [0.5, 0.6) is 0 Å². The molecule has 3 aromatic heterocycles. The van der Waals surface area contributed by atoms with Crippen molar-refractivity contribution in [1.29, 1.82) is 0 Å². The van der Waals surface area contributed by atoms with E-state index in [-0.39, 0.29) is 17.5 Å². The molecule has 3 heterocycles. The fraction of sp³-hybridized carbons (Fsp3) is 0.364. The van der Waals surface area contributed by atoms with Gasteiger partial charge in [0, 0.05) is 16.3 Å². The molecule has 1 aliphatic rings. The topological polar surface area (TPSA) is 108 Å². The molecule has 1 N–H and O–H groups in total. The number of carbonyl (C=O) groups is 1. The van der Waals surface area contributed by atoms with E-state index < -0.39 is 0 Å². The van der Waals surface area contributed by atoms with E-state index >= 15 is 0 Å². The smallest absolute Gasteiger partial charge is 0.274 e. The van der Waals surface area contributed by atoms with Crippen LogP contribution in [0.25, 0.3) is 15.8 Å². The summed E-state index contributed by atoms with van der Waals surface area (Å²) < 4.78 is 3.00. The number of benzene rings is 1. The van der Waals surface area contributed by atoms with Crippen molar-refractivity contribution in [2.24, 2.45) is 0 Å². The molecule has 0 spiro atoms. The predicted octanol–water partition coefficient (Wildman–Crippen LogP) is 2.52. The molecule has 4 aromatic rings. The molecule has 10 heteroatoms. The number of amides is 1. The van der Waals surface area contributed by atoms with E-state index in [1.807, 2.05) is 25.1 Å². The van der Waals surface area contributed by atoms with E-state index in [1.165, 1.54) is 15.9 Å². The number of nitrogens with one attached hydrogen (secondary N) is 1. The Labute approximate surface area is 188 Å². The first-order valence-electron chi connectivity index (χ1n) is 10.8. The molecule has 0 unspecified atom stereocenters. The predicted molar refractivity (Wildman–Crippen MR) is 121 cm³/mol. The third-order valence-electron chi connectivity index (χ3n) is 5.92. The number of aromatic nitrogens is 6. The van der Waals surface area contributed by atoms with Gasteiger partial charge in [-0.15, -0.1) is 16.4 Å². The maximum absolute atomic E-state index is 13.5. The normalized spacial score (nSPS) is 14.3. The van der Waals surface area contributed by atoms with Gasteiger partial charge in [0.1, 0.15) is 11.3 Å². The van der Waals surface area contributed by atoms with Crippen LogP contribution in [-0.2, 0) is 19.4 Å². The SMILES string of the molecule is CC[C@@H](Cn1ncc2ccccc2c1=O)NC(=O)c1c(-n2cnnn2)sc2c1CCCC2. The van der Waals surface area contributed by atoms with E-state index in [1.54, 1.807) is 28.3 Å². The van der Waals surface area contributed by atoms with Crippen molar-refractivity contribution in [3.63, 3.8) is 0 Å². The van der Waals surface area contributed by atoms with Gasteiger partial charge in [0.15, 0.2) is 0 Å². The zero-order valence-electron chi connectivity index (χ0n) is 17.7. The van der Waals surface area contributed by atoms with Gasteiger partial charge in [0.25, 0.3) is 11.5 Å². The zero-order chi connectivity index (χ0) is 22.1. The fourth-order valence-electron chi connectivity index (χ4n) is 4.20. The number of aryl methyl sites for hydroxylation is 1. The number of hydrogen-bond donors (Lipinski definition) is 1. The minimum Gasteiger partial charge on any atom is -0.347 e. The molecular weight excluding hydrogens is 426 g/mol. The highest BCUT2D eigenvalue weighted by atomic mass is 32.1. The summed E-state index contributed by atoms with van der Waals surface area (Å²) in [6.45, 7) is 2.29. The van der Waals surface area contributed by atoms with E-state index in [4.69, 9.17) is 0 Å². The van der Waals surface area contributed by atoms with Crippen molar-refractivity contribution in [3.05, 3.63) is 63.1 Å². The molecular formula is C22H23N7O2S. The lowest BCUT2D eigenvalue weighted by Gasteiger charge is -2.19. The van der Waals surface area contributed by atoms with Crippen molar-refractivity contribution in [2.75, 3.05) is 0 Å². The van der Waals surface area contributed by atoms with E-state index in [0.29, 0.717) is 23.9 Å². The van der Waals surface area contributed by atoms with Gasteiger partial charge >= 0.3 is 0 Å². The summed E-state index contributed by atoms with van der Waals surface area (Å²) in [5.41, 5.74) is 1.59. The number of rotatable bonds is 6. The van der Waals surface area contributed by atoms with Crippen molar-refractivity contribution in [2.45, 2.75) is 51.6 Å². The van der Waals surface area contributed by atoms with Crippen LogP contribution in [0.1, 0.15) is 47.0 Å². The van der Waals surface area contributed by atoms with Gasteiger partial charge in [-0.1, -0.05) is 25.1 Å². The summed E-state index contributed by atoms with van der Waals surface area (Å²) in [5.74, 6) is -0.157. The van der Waals surface area contributed by atoms with Crippen LogP contribution in [0.2, 0.25) is 0 Å². The van der Waals surface area contributed by atoms with Crippen molar-refractivity contribution in [1.82, 2.24) is 35.3 Å². The Kier molecular flexibility index (Phi) is 5.52. The molecule has 0 radical (unpaired) electrons. The summed E-state index contributed by atoms with van der Waals surface area (Å²) in [6, 6.07) is 7.15. The Morgan fingerprint density at radius 2 is 2.09 bits per heavy atom. The van der Waals surface area contributed by atoms with Gasteiger partial charge in [-0.25, -0.2) is 4.68 Å². The molecule has 9 nitrogen and oxygen atoms in total. The molecule has 32 heavy (non-hydrogen) atoms. The molecule has 0 saturated heterocycles. The summed E-state index contributed by atoms with van der Waals surface area (Å²) in [5, 5.41) is 21.1. The highest BCUT2D eigenvalue weighted by molar-refractivity contribution is 7.15. The second-order valence-electron chi connectivity index (χ2n) is 7.94. The van der Waals surface area contributed by atoms with Crippen LogP contribution < -0.4 is 10.9 Å². The first kappa shape index (κ1) is 20.5. The third kappa shape index (κ3) is 3.70. The van der Waals surface area contributed by atoms with Gasteiger partial charge < -0.3 is 5.32 Å². The lowest BCUT2D eigenvalue weighted by Crippen LogP contribution is -2.41. The van der Waals surface area contributed by atoms with Crippen molar-refractivity contribution < 1.29 is 4.79 Å². The van der Waals surface area contributed by atoms with Gasteiger partial charge in [-0.3, -0.25) is 9.59 Å². The molecule has 0 bridgehead atoms. The molecule has 1 aliphatic carbocycles. The van der Waals surface area contributed by atoms with Gasteiger partial charge in [0.2, 0.25) is 0 Å². The molecule has 0 fully saturated rings. The van der Waals surface area contributed by atoms with Crippen LogP contribution in [0.15, 0.2) is 41.6 Å². The quantitative estimate of drug-likeness (QED) is 0.485. The number of nitrogens with zero attached hydrogens (tertiary/aromatic N) is 6. The van der Waals surface area contributed by atoms with Crippen molar-refractivity contribution >= 4 is 28.0 Å². The summed E-state index contributed by atoms with van der Waals surface area (Å²) in [7, 11) is 0. The molecule has 0 saturated carbocycles. The number of thiophene rings is 1. The number of hydrogen-bond acceptors (Lipinski definition) is 7. The molecule has 1 aromatic carbocycles. The second kappa shape index (κ2) is 8.62. The monoisotopic (exact) mass is 449 g/mol. The second-order valence-corrected chi connectivity index (χ2v) is 9.03. The molecule has 164 valence electrons. The Morgan fingerprint density at radius 3 is 2.91 bits per heavy atom. The van der Waals surface area contributed by atoms with E-state index in [9.17, 15) is 9.59 Å². The molecule has 1 atom stereocenters. The average molecular weight is 450 g/mol. The zero-order valence-corrected chi connectivity index (χ0v) is 18.5. The minimum atomic E-state index is -0.241. The summed E-state index contributed by atoms with van der Waals surface area (Å²) in [4.78, 5) is 27.5. The van der Waals surface area contributed by atoms with Crippen molar-refractivity contribution in [3.8, 4) is 5.00 Å². The molecule has 1 amide bonds. The summed E-state index contributed by atoms with van der Waals surface area (Å²) >= 11 is 1.58. The largest absolute Gasteiger partial charge is 0.347 e.